The number of hydrogen-bond acceptors (Lipinski definition) is 5. The second kappa shape index (κ2) is 8.08. The van der Waals surface area contributed by atoms with E-state index in [-0.39, 0.29) is 23.5 Å². The van der Waals surface area contributed by atoms with E-state index in [9.17, 15) is 13.2 Å². The van der Waals surface area contributed by atoms with Crippen molar-refractivity contribution in [3.63, 3.8) is 0 Å². The van der Waals surface area contributed by atoms with E-state index in [1.165, 1.54) is 5.56 Å². The highest BCUT2D eigenvalue weighted by atomic mass is 32.2. The minimum Gasteiger partial charge on any atom is -0.370 e. The molecule has 3 rings (SSSR count). The topological polar surface area (TPSA) is 70.6 Å². The van der Waals surface area contributed by atoms with Gasteiger partial charge in [0.15, 0.2) is 9.84 Å². The molecule has 27 heavy (non-hydrogen) atoms. The van der Waals surface area contributed by atoms with E-state index >= 15 is 0 Å². The summed E-state index contributed by atoms with van der Waals surface area (Å²) in [6.07, 6.45) is 2.12. The van der Waals surface area contributed by atoms with Crippen LogP contribution in [-0.2, 0) is 16.4 Å². The minimum absolute atomic E-state index is 0.0418. The summed E-state index contributed by atoms with van der Waals surface area (Å²) in [5.74, 6) is -0.0240. The molecule has 0 N–H and O–H groups in total. The van der Waals surface area contributed by atoms with E-state index in [2.05, 4.69) is 22.0 Å². The van der Waals surface area contributed by atoms with Gasteiger partial charge < -0.3 is 9.80 Å². The first kappa shape index (κ1) is 19.4. The Morgan fingerprint density at radius 1 is 1.22 bits per heavy atom. The van der Waals surface area contributed by atoms with Gasteiger partial charge in [-0.1, -0.05) is 30.3 Å². The van der Waals surface area contributed by atoms with Gasteiger partial charge in [-0.15, -0.1) is 0 Å². The van der Waals surface area contributed by atoms with Crippen molar-refractivity contribution in [1.82, 2.24) is 9.88 Å². The molecular weight excluding hydrogens is 362 g/mol. The fourth-order valence-electron chi connectivity index (χ4n) is 3.46. The number of nitrogens with zero attached hydrogens (tertiary/aromatic N) is 3. The molecule has 1 atom stereocenters. The summed E-state index contributed by atoms with van der Waals surface area (Å²) < 4.78 is 23.6. The molecule has 2 heterocycles. The number of hydrogen-bond donors (Lipinski definition) is 0. The van der Waals surface area contributed by atoms with Crippen LogP contribution in [0.1, 0.15) is 29.4 Å². The first-order valence-corrected chi connectivity index (χ1v) is 10.9. The largest absolute Gasteiger partial charge is 0.370 e. The van der Waals surface area contributed by atoms with E-state index < -0.39 is 9.84 Å². The van der Waals surface area contributed by atoms with Crippen LogP contribution in [-0.4, -0.2) is 55.3 Å². The van der Waals surface area contributed by atoms with Gasteiger partial charge in [0.2, 0.25) is 0 Å². The van der Waals surface area contributed by atoms with Gasteiger partial charge in [-0.2, -0.15) is 0 Å². The molecule has 0 radical (unpaired) electrons. The second-order valence-corrected chi connectivity index (χ2v) is 9.12. The van der Waals surface area contributed by atoms with Crippen LogP contribution in [0.4, 0.5) is 5.69 Å². The Hall–Kier alpha value is -2.41. The number of amides is 1. The molecule has 1 amide bonds. The van der Waals surface area contributed by atoms with E-state index in [1.54, 1.807) is 17.2 Å². The highest BCUT2D eigenvalue weighted by molar-refractivity contribution is 7.91. The Bertz CT molecular complexity index is 900. The summed E-state index contributed by atoms with van der Waals surface area (Å²) in [5.41, 5.74) is 2.42. The quantitative estimate of drug-likeness (QED) is 0.761. The number of sulfone groups is 1. The average Bonchev–Trinajstić information content (AvgIpc) is 3.02. The number of carbonyl (C=O) groups is 1. The third-order valence-electron chi connectivity index (χ3n) is 4.92. The van der Waals surface area contributed by atoms with Crippen LogP contribution in [0.2, 0.25) is 0 Å². The highest BCUT2D eigenvalue weighted by Crippen LogP contribution is 2.21. The summed E-state index contributed by atoms with van der Waals surface area (Å²) in [5, 5.41) is 0. The molecule has 1 aliphatic rings. The maximum absolute atomic E-state index is 13.0. The van der Waals surface area contributed by atoms with Gasteiger partial charge in [-0.25, -0.2) is 8.42 Å². The third kappa shape index (κ3) is 4.66. The fourth-order valence-corrected chi connectivity index (χ4v) is 5.19. The number of aromatic nitrogens is 1. The standard InChI is InChI=1S/C20H25N3O3S/c1-3-23(18-10-12-27(25,26)15-18)20(24)19-13-17(9-11-21-19)22(2)14-16-7-5-4-6-8-16/h4-9,11,13,18H,3,10,12,14-15H2,1-2H3. The minimum atomic E-state index is -3.05. The zero-order chi connectivity index (χ0) is 19.4. The molecule has 1 aromatic heterocycles. The Morgan fingerprint density at radius 2 is 1.96 bits per heavy atom. The summed E-state index contributed by atoms with van der Waals surface area (Å²) in [6.45, 7) is 3.05. The lowest BCUT2D eigenvalue weighted by atomic mass is 10.2. The highest BCUT2D eigenvalue weighted by Gasteiger charge is 2.34. The van der Waals surface area contributed by atoms with Gasteiger partial charge in [0.25, 0.3) is 5.91 Å². The van der Waals surface area contributed by atoms with Crippen molar-refractivity contribution in [1.29, 1.82) is 0 Å². The van der Waals surface area contributed by atoms with Crippen molar-refractivity contribution in [3.8, 4) is 0 Å². The third-order valence-corrected chi connectivity index (χ3v) is 6.67. The van der Waals surface area contributed by atoms with E-state index in [1.807, 2.05) is 38.2 Å². The van der Waals surface area contributed by atoms with Gasteiger partial charge in [0.05, 0.1) is 11.5 Å². The molecule has 2 aromatic rings. The first-order valence-electron chi connectivity index (χ1n) is 9.12. The molecule has 1 aliphatic heterocycles. The lowest BCUT2D eigenvalue weighted by Gasteiger charge is -2.27. The molecule has 0 saturated carbocycles. The predicted molar refractivity (Wildman–Crippen MR) is 107 cm³/mol. The summed E-state index contributed by atoms with van der Waals surface area (Å²) in [7, 11) is -1.08. The molecule has 144 valence electrons. The first-order chi connectivity index (χ1) is 12.9. The van der Waals surface area contributed by atoms with Gasteiger partial charge in [0.1, 0.15) is 5.69 Å². The van der Waals surface area contributed by atoms with Crippen molar-refractivity contribution in [3.05, 3.63) is 59.9 Å². The normalized spacial score (nSPS) is 18.2. The molecule has 0 spiro atoms. The summed E-state index contributed by atoms with van der Waals surface area (Å²) in [4.78, 5) is 20.9. The van der Waals surface area contributed by atoms with Crippen LogP contribution in [0, 0.1) is 0 Å². The van der Waals surface area contributed by atoms with E-state index in [0.29, 0.717) is 18.7 Å². The predicted octanol–water partition coefficient (Wildman–Crippen LogP) is 2.37. The van der Waals surface area contributed by atoms with Gasteiger partial charge in [0, 0.05) is 38.1 Å². The van der Waals surface area contributed by atoms with Crippen molar-refractivity contribution < 1.29 is 13.2 Å². The van der Waals surface area contributed by atoms with E-state index in [4.69, 9.17) is 0 Å². The molecule has 0 bridgehead atoms. The Labute approximate surface area is 160 Å². The zero-order valence-electron chi connectivity index (χ0n) is 15.7. The lowest BCUT2D eigenvalue weighted by molar-refractivity contribution is 0.0702. The van der Waals surface area contributed by atoms with Crippen molar-refractivity contribution in [2.45, 2.75) is 25.9 Å². The average molecular weight is 388 g/mol. The van der Waals surface area contributed by atoms with Crippen molar-refractivity contribution in [2.24, 2.45) is 0 Å². The lowest BCUT2D eigenvalue weighted by Crippen LogP contribution is -2.41. The smallest absolute Gasteiger partial charge is 0.272 e. The van der Waals surface area contributed by atoms with Crippen molar-refractivity contribution >= 4 is 21.4 Å². The Kier molecular flexibility index (Phi) is 5.79. The molecule has 1 fully saturated rings. The molecule has 1 saturated heterocycles. The molecule has 1 aromatic carbocycles. The Balaban J connectivity index is 1.76. The molecule has 0 aliphatic carbocycles. The maximum Gasteiger partial charge on any atom is 0.272 e. The van der Waals surface area contributed by atoms with Crippen LogP contribution in [0.3, 0.4) is 0 Å². The van der Waals surface area contributed by atoms with Crippen LogP contribution in [0.5, 0.6) is 0 Å². The van der Waals surface area contributed by atoms with Crippen LogP contribution >= 0.6 is 0 Å². The SMILES string of the molecule is CCN(C(=O)c1cc(N(C)Cc2ccccc2)ccn1)C1CCS(=O)(=O)C1. The number of anilines is 1. The van der Waals surface area contributed by atoms with Gasteiger partial charge >= 0.3 is 0 Å². The van der Waals surface area contributed by atoms with Crippen molar-refractivity contribution in [2.75, 3.05) is 30.0 Å². The van der Waals surface area contributed by atoms with E-state index in [0.717, 1.165) is 12.2 Å². The zero-order valence-corrected chi connectivity index (χ0v) is 16.5. The van der Waals surface area contributed by atoms with Crippen LogP contribution < -0.4 is 4.90 Å². The monoisotopic (exact) mass is 387 g/mol. The fraction of sp³-hybridized carbons (Fsp3) is 0.400. The van der Waals surface area contributed by atoms with Crippen LogP contribution in [0.15, 0.2) is 48.7 Å². The number of carbonyl (C=O) groups excluding carboxylic acids is 1. The number of pyridine rings is 1. The second-order valence-electron chi connectivity index (χ2n) is 6.89. The molecule has 1 unspecified atom stereocenters. The molecule has 6 nitrogen and oxygen atoms in total. The molecule has 7 heteroatoms. The van der Waals surface area contributed by atoms with Crippen LogP contribution in [0.25, 0.3) is 0 Å². The van der Waals surface area contributed by atoms with Gasteiger partial charge in [-0.05, 0) is 31.0 Å². The summed E-state index contributed by atoms with van der Waals surface area (Å²) in [6, 6.07) is 13.5. The Morgan fingerprint density at radius 3 is 2.59 bits per heavy atom. The molecular formula is C20H25N3O3S. The number of rotatable bonds is 6. The number of benzene rings is 1. The summed E-state index contributed by atoms with van der Waals surface area (Å²) >= 11 is 0. The van der Waals surface area contributed by atoms with Gasteiger partial charge in [-0.3, -0.25) is 9.78 Å². The maximum atomic E-state index is 13.0.